The minimum absolute atomic E-state index is 0.0992. The standard InChI is InChI=1S/C75H75IN6/c1-11-14-22-51-32-47(4)34-57(38-51)67-46-66(77-71(78-67)58-35-48(5)33-52(39-58)23-15-12-2)55-29-31-70(82-68-27-20-19-26-63(68)64-44-54(28-30-69(64)82)53-24-17-16-18-25-53)65(45-55)74-80-72(59-36-49(6)37-61(41-59)75(8,9)10)79-73(81-74)60-40-56(42-62(76)43-60)50(7)21-13-3/h16-20,24-46,50H,11-15,21-23H2,1-10H3. The Labute approximate surface area is 499 Å². The summed E-state index contributed by atoms with van der Waals surface area (Å²) in [6, 6.07) is 62.7. The number of aromatic nitrogens is 6. The maximum absolute atomic E-state index is 5.65. The summed E-state index contributed by atoms with van der Waals surface area (Å²) in [5, 5.41) is 2.34. The Bertz CT molecular complexity index is 4070. The van der Waals surface area contributed by atoms with E-state index in [2.05, 4.69) is 266 Å². The number of hydrogen-bond donors (Lipinski definition) is 0. The minimum Gasteiger partial charge on any atom is -0.309 e. The lowest BCUT2D eigenvalue weighted by Gasteiger charge is -2.21. The Morgan fingerprint density at radius 2 is 1.02 bits per heavy atom. The van der Waals surface area contributed by atoms with E-state index in [1.54, 1.807) is 0 Å². The first-order valence-electron chi connectivity index (χ1n) is 29.7. The molecule has 0 fully saturated rings. The molecule has 0 N–H and O–H groups in total. The van der Waals surface area contributed by atoms with Gasteiger partial charge < -0.3 is 4.57 Å². The van der Waals surface area contributed by atoms with Crippen molar-refractivity contribution in [3.05, 3.63) is 212 Å². The molecule has 0 aliphatic heterocycles. The normalized spacial score (nSPS) is 12.2. The van der Waals surface area contributed by atoms with Gasteiger partial charge in [0.25, 0.3) is 0 Å². The zero-order chi connectivity index (χ0) is 57.2. The molecule has 8 aromatic carbocycles. The van der Waals surface area contributed by atoms with Crippen LogP contribution in [-0.2, 0) is 18.3 Å². The van der Waals surface area contributed by atoms with E-state index < -0.39 is 0 Å². The van der Waals surface area contributed by atoms with Crippen LogP contribution in [0.3, 0.4) is 0 Å². The van der Waals surface area contributed by atoms with Gasteiger partial charge in [-0.3, -0.25) is 0 Å². The molecule has 82 heavy (non-hydrogen) atoms. The molecule has 7 heteroatoms. The number of rotatable bonds is 17. The Morgan fingerprint density at radius 1 is 0.451 bits per heavy atom. The van der Waals surface area contributed by atoms with Crippen LogP contribution in [0.5, 0.6) is 0 Å². The first-order chi connectivity index (χ1) is 39.6. The Hall–Kier alpha value is -7.62. The van der Waals surface area contributed by atoms with Crippen LogP contribution in [0, 0.1) is 24.3 Å². The summed E-state index contributed by atoms with van der Waals surface area (Å²) in [5.74, 6) is 2.93. The smallest absolute Gasteiger partial charge is 0.166 e. The predicted molar refractivity (Wildman–Crippen MR) is 354 cm³/mol. The van der Waals surface area contributed by atoms with Crippen molar-refractivity contribution in [1.29, 1.82) is 0 Å². The van der Waals surface area contributed by atoms with Crippen molar-refractivity contribution in [2.45, 2.75) is 132 Å². The van der Waals surface area contributed by atoms with Crippen LogP contribution in [-0.4, -0.2) is 29.5 Å². The summed E-state index contributed by atoms with van der Waals surface area (Å²) in [6.07, 6.45) is 8.75. The maximum atomic E-state index is 5.65. The molecule has 3 heterocycles. The van der Waals surface area contributed by atoms with E-state index in [1.165, 1.54) is 55.3 Å². The average Bonchev–Trinajstić information content (AvgIpc) is 3.86. The highest BCUT2D eigenvalue weighted by atomic mass is 127. The zero-order valence-corrected chi connectivity index (χ0v) is 51.6. The van der Waals surface area contributed by atoms with Gasteiger partial charge >= 0.3 is 0 Å². The lowest BCUT2D eigenvalue weighted by molar-refractivity contribution is 0.590. The highest BCUT2D eigenvalue weighted by Gasteiger charge is 2.24. The summed E-state index contributed by atoms with van der Waals surface area (Å²) < 4.78 is 3.56. The van der Waals surface area contributed by atoms with E-state index in [0.717, 1.165) is 122 Å². The monoisotopic (exact) mass is 1190 g/mol. The van der Waals surface area contributed by atoms with E-state index >= 15 is 0 Å². The molecule has 0 aliphatic rings. The van der Waals surface area contributed by atoms with Crippen molar-refractivity contribution in [1.82, 2.24) is 29.5 Å². The first kappa shape index (κ1) is 56.3. The van der Waals surface area contributed by atoms with Gasteiger partial charge in [-0.15, -0.1) is 0 Å². The number of halogens is 1. The summed E-state index contributed by atoms with van der Waals surface area (Å²) in [6.45, 7) is 22.5. The SMILES string of the molecule is CCCCc1cc(C)cc(-c2cc(-c3ccc(-n4c5ccccc5c5cc(-c6ccccc6)ccc54)c(-c4nc(-c5cc(I)cc(C(C)CCC)c5)nc(-c5cc(C)cc(C(C)(C)C)c5)n4)c3)nc(-c3cc(C)cc(CCCC)c3)n2)c1. The topological polar surface area (TPSA) is 69.4 Å². The highest BCUT2D eigenvalue weighted by molar-refractivity contribution is 14.1. The van der Waals surface area contributed by atoms with E-state index in [4.69, 9.17) is 24.9 Å². The number of unbranched alkanes of at least 4 members (excludes halogenated alkanes) is 2. The second-order valence-corrected chi connectivity index (χ2v) is 25.1. The van der Waals surface area contributed by atoms with Crippen molar-refractivity contribution >= 4 is 44.4 Å². The molecule has 1 unspecified atom stereocenters. The fourth-order valence-electron chi connectivity index (χ4n) is 11.8. The third kappa shape index (κ3) is 12.1. The largest absolute Gasteiger partial charge is 0.309 e. The number of benzene rings is 8. The number of hydrogen-bond acceptors (Lipinski definition) is 5. The molecule has 0 aliphatic carbocycles. The van der Waals surface area contributed by atoms with Crippen LogP contribution in [0.1, 0.15) is 132 Å². The predicted octanol–water partition coefficient (Wildman–Crippen LogP) is 20.8. The minimum atomic E-state index is -0.0992. The lowest BCUT2D eigenvalue weighted by atomic mass is 9.85. The van der Waals surface area contributed by atoms with Crippen LogP contribution in [0.25, 0.3) is 107 Å². The molecule has 0 bridgehead atoms. The van der Waals surface area contributed by atoms with E-state index in [-0.39, 0.29) is 5.41 Å². The molecular formula is C75H75IN6. The molecule has 0 saturated carbocycles. The molecule has 0 amide bonds. The second kappa shape index (κ2) is 24.1. The molecular weight excluding hydrogens is 1110 g/mol. The summed E-state index contributed by atoms with van der Waals surface area (Å²) in [7, 11) is 0. The average molecular weight is 1190 g/mol. The van der Waals surface area contributed by atoms with Gasteiger partial charge in [0.2, 0.25) is 0 Å². The first-order valence-corrected chi connectivity index (χ1v) is 30.7. The lowest BCUT2D eigenvalue weighted by Crippen LogP contribution is -2.12. The van der Waals surface area contributed by atoms with E-state index in [0.29, 0.717) is 29.2 Å². The number of nitrogens with zero attached hydrogens (tertiary/aromatic N) is 6. The van der Waals surface area contributed by atoms with Crippen molar-refractivity contribution in [3.63, 3.8) is 0 Å². The molecule has 412 valence electrons. The van der Waals surface area contributed by atoms with Gasteiger partial charge in [0.05, 0.1) is 28.1 Å². The Kier molecular flexibility index (Phi) is 16.5. The van der Waals surface area contributed by atoms with Crippen LogP contribution in [0.15, 0.2) is 170 Å². The van der Waals surface area contributed by atoms with Crippen LogP contribution >= 0.6 is 22.6 Å². The maximum Gasteiger partial charge on any atom is 0.166 e. The summed E-state index contributed by atoms with van der Waals surface area (Å²) in [4.78, 5) is 27.8. The molecule has 3 aromatic heterocycles. The van der Waals surface area contributed by atoms with Gasteiger partial charge in [0.15, 0.2) is 23.3 Å². The molecule has 0 radical (unpaired) electrons. The molecule has 0 spiro atoms. The van der Waals surface area contributed by atoms with Crippen molar-refractivity contribution in [3.8, 4) is 84.9 Å². The van der Waals surface area contributed by atoms with Gasteiger partial charge in [-0.05, 0) is 211 Å². The van der Waals surface area contributed by atoms with E-state index in [9.17, 15) is 0 Å². The molecule has 11 rings (SSSR count). The molecule has 0 saturated heterocycles. The quantitative estimate of drug-likeness (QED) is 0.0850. The van der Waals surface area contributed by atoms with Crippen molar-refractivity contribution in [2.75, 3.05) is 0 Å². The van der Waals surface area contributed by atoms with Crippen LogP contribution in [0.4, 0.5) is 0 Å². The molecule has 1 atom stereocenters. The number of aryl methyl sites for hydroxylation is 5. The molecule has 11 aromatic rings. The van der Waals surface area contributed by atoms with Gasteiger partial charge in [0.1, 0.15) is 0 Å². The van der Waals surface area contributed by atoms with Gasteiger partial charge in [0, 0.05) is 47.7 Å². The Morgan fingerprint density at radius 3 is 1.71 bits per heavy atom. The van der Waals surface area contributed by atoms with E-state index in [1.807, 2.05) is 0 Å². The zero-order valence-electron chi connectivity index (χ0n) is 49.5. The second-order valence-electron chi connectivity index (χ2n) is 23.9. The fourth-order valence-corrected chi connectivity index (χ4v) is 12.5. The Balaban J connectivity index is 1.22. The van der Waals surface area contributed by atoms with Crippen molar-refractivity contribution < 1.29 is 0 Å². The third-order valence-electron chi connectivity index (χ3n) is 16.1. The van der Waals surface area contributed by atoms with Gasteiger partial charge in [-0.1, -0.05) is 163 Å². The summed E-state index contributed by atoms with van der Waals surface area (Å²) in [5.41, 5.74) is 21.7. The molecule has 6 nitrogen and oxygen atoms in total. The van der Waals surface area contributed by atoms with Gasteiger partial charge in [-0.25, -0.2) is 24.9 Å². The number of para-hydroxylation sites is 1. The third-order valence-corrected chi connectivity index (χ3v) is 16.7. The van der Waals surface area contributed by atoms with Crippen LogP contribution < -0.4 is 0 Å². The van der Waals surface area contributed by atoms with Crippen molar-refractivity contribution in [2.24, 2.45) is 0 Å². The fraction of sp³-hybridized carbons (Fsp3) is 0.267. The number of fused-ring (bicyclic) bond motifs is 3. The highest BCUT2D eigenvalue weighted by Crippen LogP contribution is 2.41. The van der Waals surface area contributed by atoms with Crippen LogP contribution in [0.2, 0.25) is 0 Å². The van der Waals surface area contributed by atoms with Gasteiger partial charge in [-0.2, -0.15) is 0 Å². The summed E-state index contributed by atoms with van der Waals surface area (Å²) >= 11 is 2.47.